The summed E-state index contributed by atoms with van der Waals surface area (Å²) in [5, 5.41) is 0. The topological polar surface area (TPSA) is 0 Å². The number of hydrogen-bond donors (Lipinski definition) is 0. The average Bonchev–Trinajstić information content (AvgIpc) is 2.25. The van der Waals surface area contributed by atoms with Crippen molar-refractivity contribution >= 4 is 23.4 Å². The molecular formula is C12H14ClF3S. The summed E-state index contributed by atoms with van der Waals surface area (Å²) in [7, 11) is 0. The van der Waals surface area contributed by atoms with Gasteiger partial charge in [-0.15, -0.1) is 11.6 Å². The molecule has 0 aliphatic heterocycles. The van der Waals surface area contributed by atoms with Gasteiger partial charge in [0, 0.05) is 10.8 Å². The number of rotatable bonds is 5. The van der Waals surface area contributed by atoms with E-state index in [4.69, 9.17) is 11.6 Å². The second kappa shape index (κ2) is 6.55. The van der Waals surface area contributed by atoms with E-state index < -0.39 is 5.51 Å². The first kappa shape index (κ1) is 14.7. The minimum atomic E-state index is -4.24. The van der Waals surface area contributed by atoms with Crippen molar-refractivity contribution in [3.8, 4) is 0 Å². The van der Waals surface area contributed by atoms with E-state index in [-0.39, 0.29) is 11.8 Å². The molecule has 1 aromatic carbocycles. The van der Waals surface area contributed by atoms with Crippen molar-refractivity contribution < 1.29 is 13.2 Å². The quantitative estimate of drug-likeness (QED) is 0.539. The van der Waals surface area contributed by atoms with Gasteiger partial charge in [0.1, 0.15) is 0 Å². The highest BCUT2D eigenvalue weighted by atomic mass is 35.5. The molecule has 0 aliphatic carbocycles. The smallest absolute Gasteiger partial charge is 0.160 e. The third-order valence-corrected chi connectivity index (χ3v) is 3.58. The molecule has 0 bridgehead atoms. The Morgan fingerprint density at radius 3 is 2.41 bits per heavy atom. The van der Waals surface area contributed by atoms with Crippen molar-refractivity contribution in [3.63, 3.8) is 0 Å². The Bertz CT molecular complexity index is 363. The standard InChI is InChI=1S/C12H14ClF3S/c1-2-9-5-3-6-10(7-4-8-13)11(9)17-12(14,15)16/h3,5-6H,2,4,7-8H2,1H3. The molecule has 0 saturated carbocycles. The fourth-order valence-corrected chi connectivity index (χ4v) is 2.63. The lowest BCUT2D eigenvalue weighted by atomic mass is 10.1. The first-order chi connectivity index (χ1) is 7.98. The van der Waals surface area contributed by atoms with Crippen LogP contribution in [0, 0.1) is 0 Å². The van der Waals surface area contributed by atoms with Crippen molar-refractivity contribution in [3.05, 3.63) is 29.3 Å². The first-order valence-corrected chi connectivity index (χ1v) is 6.75. The number of halogens is 4. The maximum Gasteiger partial charge on any atom is 0.446 e. The Kier molecular flexibility index (Phi) is 5.67. The molecule has 0 unspecified atom stereocenters. The summed E-state index contributed by atoms with van der Waals surface area (Å²) in [4.78, 5) is 0.354. The molecule has 0 spiro atoms. The Hall–Kier alpha value is -0.350. The Labute approximate surface area is 109 Å². The molecule has 17 heavy (non-hydrogen) atoms. The predicted octanol–water partition coefficient (Wildman–Crippen LogP) is 5.03. The van der Waals surface area contributed by atoms with E-state index in [1.807, 2.05) is 13.0 Å². The third-order valence-electron chi connectivity index (χ3n) is 2.36. The van der Waals surface area contributed by atoms with Gasteiger partial charge in [-0.05, 0) is 42.2 Å². The van der Waals surface area contributed by atoms with E-state index in [0.717, 1.165) is 11.1 Å². The van der Waals surface area contributed by atoms with Crippen molar-refractivity contribution in [1.29, 1.82) is 0 Å². The molecular weight excluding hydrogens is 269 g/mol. The zero-order chi connectivity index (χ0) is 12.9. The summed E-state index contributed by atoms with van der Waals surface area (Å²) in [5.41, 5.74) is -2.74. The van der Waals surface area contributed by atoms with E-state index in [0.29, 0.717) is 30.0 Å². The Balaban J connectivity index is 3.02. The van der Waals surface area contributed by atoms with E-state index in [1.54, 1.807) is 12.1 Å². The van der Waals surface area contributed by atoms with Gasteiger partial charge in [-0.1, -0.05) is 25.1 Å². The fraction of sp³-hybridized carbons (Fsp3) is 0.500. The summed E-state index contributed by atoms with van der Waals surface area (Å²) >= 11 is 5.57. The minimum Gasteiger partial charge on any atom is -0.160 e. The van der Waals surface area contributed by atoms with Gasteiger partial charge in [0.15, 0.2) is 0 Å². The summed E-state index contributed by atoms with van der Waals surface area (Å²) in [6.07, 6.45) is 1.89. The van der Waals surface area contributed by atoms with Crippen LogP contribution in [0.5, 0.6) is 0 Å². The number of thioether (sulfide) groups is 1. The lowest BCUT2D eigenvalue weighted by molar-refractivity contribution is -0.0328. The monoisotopic (exact) mass is 282 g/mol. The van der Waals surface area contributed by atoms with Gasteiger partial charge < -0.3 is 0 Å². The van der Waals surface area contributed by atoms with Crippen LogP contribution in [0.3, 0.4) is 0 Å². The molecule has 1 aromatic rings. The van der Waals surface area contributed by atoms with Crippen LogP contribution in [0.15, 0.2) is 23.1 Å². The van der Waals surface area contributed by atoms with Gasteiger partial charge in [-0.25, -0.2) is 0 Å². The molecule has 96 valence electrons. The lowest BCUT2D eigenvalue weighted by Crippen LogP contribution is -2.04. The van der Waals surface area contributed by atoms with Gasteiger partial charge in [-0.3, -0.25) is 0 Å². The van der Waals surface area contributed by atoms with E-state index >= 15 is 0 Å². The molecule has 0 atom stereocenters. The van der Waals surface area contributed by atoms with Crippen LogP contribution in [-0.2, 0) is 12.8 Å². The summed E-state index contributed by atoms with van der Waals surface area (Å²) in [5.74, 6) is 0.465. The molecule has 0 fully saturated rings. The molecule has 0 heterocycles. The van der Waals surface area contributed by atoms with Crippen LogP contribution < -0.4 is 0 Å². The van der Waals surface area contributed by atoms with Crippen LogP contribution in [0.2, 0.25) is 0 Å². The average molecular weight is 283 g/mol. The Morgan fingerprint density at radius 2 is 1.88 bits per heavy atom. The maximum atomic E-state index is 12.5. The second-order valence-electron chi connectivity index (χ2n) is 3.60. The normalized spacial score (nSPS) is 11.8. The highest BCUT2D eigenvalue weighted by molar-refractivity contribution is 8.00. The number of alkyl halides is 4. The van der Waals surface area contributed by atoms with Gasteiger partial charge in [0.2, 0.25) is 0 Å². The second-order valence-corrected chi connectivity index (χ2v) is 5.05. The predicted molar refractivity (Wildman–Crippen MR) is 66.8 cm³/mol. The van der Waals surface area contributed by atoms with Crippen LogP contribution in [-0.4, -0.2) is 11.4 Å². The number of hydrogen-bond acceptors (Lipinski definition) is 1. The number of aryl methyl sites for hydroxylation is 2. The summed E-state index contributed by atoms with van der Waals surface area (Å²) in [6.45, 7) is 1.86. The molecule has 0 radical (unpaired) electrons. The van der Waals surface area contributed by atoms with Crippen molar-refractivity contribution in [2.24, 2.45) is 0 Å². The van der Waals surface area contributed by atoms with E-state index in [9.17, 15) is 13.2 Å². The van der Waals surface area contributed by atoms with E-state index in [1.165, 1.54) is 0 Å². The van der Waals surface area contributed by atoms with Crippen LogP contribution in [0.1, 0.15) is 24.5 Å². The van der Waals surface area contributed by atoms with Crippen LogP contribution in [0.4, 0.5) is 13.2 Å². The minimum absolute atomic E-state index is 0.0141. The Morgan fingerprint density at radius 1 is 1.24 bits per heavy atom. The van der Waals surface area contributed by atoms with Gasteiger partial charge >= 0.3 is 5.51 Å². The van der Waals surface area contributed by atoms with Crippen LogP contribution >= 0.6 is 23.4 Å². The fourth-order valence-electron chi connectivity index (χ4n) is 1.62. The largest absolute Gasteiger partial charge is 0.446 e. The molecule has 1 rings (SSSR count). The molecule has 0 saturated heterocycles. The molecule has 0 nitrogen and oxygen atoms in total. The third kappa shape index (κ3) is 4.80. The van der Waals surface area contributed by atoms with Gasteiger partial charge in [-0.2, -0.15) is 13.2 Å². The SMILES string of the molecule is CCc1cccc(CCCCl)c1SC(F)(F)F. The van der Waals surface area contributed by atoms with Gasteiger partial charge in [0.25, 0.3) is 0 Å². The zero-order valence-electron chi connectivity index (χ0n) is 9.48. The van der Waals surface area contributed by atoms with E-state index in [2.05, 4.69) is 0 Å². The lowest BCUT2D eigenvalue weighted by Gasteiger charge is -2.14. The first-order valence-electron chi connectivity index (χ1n) is 5.40. The molecule has 0 N–H and O–H groups in total. The molecule has 5 heteroatoms. The van der Waals surface area contributed by atoms with Crippen molar-refractivity contribution in [1.82, 2.24) is 0 Å². The highest BCUT2D eigenvalue weighted by Gasteiger charge is 2.31. The summed E-state index contributed by atoms with van der Waals surface area (Å²) in [6, 6.07) is 5.31. The van der Waals surface area contributed by atoms with Crippen molar-refractivity contribution in [2.45, 2.75) is 36.6 Å². The summed E-state index contributed by atoms with van der Waals surface area (Å²) < 4.78 is 37.5. The zero-order valence-corrected chi connectivity index (χ0v) is 11.1. The van der Waals surface area contributed by atoms with Gasteiger partial charge in [0.05, 0.1) is 0 Å². The molecule has 0 aliphatic rings. The van der Waals surface area contributed by atoms with Crippen LogP contribution in [0.25, 0.3) is 0 Å². The number of benzene rings is 1. The van der Waals surface area contributed by atoms with Crippen molar-refractivity contribution in [2.75, 3.05) is 5.88 Å². The molecule has 0 amide bonds. The highest BCUT2D eigenvalue weighted by Crippen LogP contribution is 2.40. The maximum absolute atomic E-state index is 12.5. The molecule has 0 aromatic heterocycles.